The van der Waals surface area contributed by atoms with Crippen LogP contribution >= 0.6 is 0 Å². The molecule has 0 spiro atoms. The molecule has 10 heteroatoms. The van der Waals surface area contributed by atoms with Crippen molar-refractivity contribution in [3.05, 3.63) is 41.1 Å². The molecule has 2 aromatic rings. The summed E-state index contributed by atoms with van der Waals surface area (Å²) < 4.78 is 34.6. The van der Waals surface area contributed by atoms with Crippen molar-refractivity contribution in [3.8, 4) is 0 Å². The maximum Gasteiger partial charge on any atom is 0.407 e. The van der Waals surface area contributed by atoms with Crippen molar-refractivity contribution in [1.29, 1.82) is 0 Å². The third kappa shape index (κ3) is 4.70. The predicted octanol–water partition coefficient (Wildman–Crippen LogP) is 2.55. The van der Waals surface area contributed by atoms with Crippen LogP contribution in [0.1, 0.15) is 43.2 Å². The summed E-state index contributed by atoms with van der Waals surface area (Å²) in [6, 6.07) is 7.38. The number of amides is 1. The van der Waals surface area contributed by atoms with Crippen LogP contribution in [-0.4, -0.2) is 43.5 Å². The molecule has 2 atom stereocenters. The smallest absolute Gasteiger partial charge is 0.407 e. The second kappa shape index (κ2) is 7.68. The summed E-state index contributed by atoms with van der Waals surface area (Å²) in [5, 5.41) is 13.1. The Kier molecular flexibility index (Phi) is 5.22. The van der Waals surface area contributed by atoms with Gasteiger partial charge in [0.05, 0.1) is 23.8 Å². The Balaban J connectivity index is 1.36. The quantitative estimate of drug-likeness (QED) is 0.679. The van der Waals surface area contributed by atoms with Crippen LogP contribution in [-0.2, 0) is 30.8 Å². The molecule has 1 saturated heterocycles. The highest BCUT2D eigenvalue weighted by Gasteiger charge is 2.31. The second-order valence-corrected chi connectivity index (χ2v) is 9.80. The highest BCUT2D eigenvalue weighted by atomic mass is 32.2. The molecule has 0 aliphatic carbocycles. The van der Waals surface area contributed by atoms with Gasteiger partial charge in [0.2, 0.25) is 0 Å². The van der Waals surface area contributed by atoms with E-state index in [0.717, 1.165) is 22.5 Å². The molecule has 29 heavy (non-hydrogen) atoms. The molecule has 0 saturated carbocycles. The fourth-order valence-corrected chi connectivity index (χ4v) is 5.14. The average Bonchev–Trinajstić information content (AvgIpc) is 3.31. The van der Waals surface area contributed by atoms with E-state index in [1.54, 1.807) is 0 Å². The molecule has 4 rings (SSSR count). The first-order valence-corrected chi connectivity index (χ1v) is 11.3. The highest BCUT2D eigenvalue weighted by molar-refractivity contribution is 7.90. The summed E-state index contributed by atoms with van der Waals surface area (Å²) in [6.45, 7) is 4.07. The van der Waals surface area contributed by atoms with Crippen LogP contribution in [0.25, 0.3) is 0 Å². The predicted molar refractivity (Wildman–Crippen MR) is 106 cm³/mol. The lowest BCUT2D eigenvalue weighted by atomic mass is 10.1. The number of H-pyrrole nitrogens is 1. The SMILES string of the molecule is CC(C)NC(=O)OC1COC(c2cc(Nc3ccc4c(c3)CS(=O)(=O)C4)n[nH]2)C1. The van der Waals surface area contributed by atoms with Gasteiger partial charge in [-0.25, -0.2) is 13.2 Å². The fourth-order valence-electron chi connectivity index (χ4n) is 3.54. The number of aromatic amines is 1. The van der Waals surface area contributed by atoms with Gasteiger partial charge in [-0.2, -0.15) is 5.10 Å². The van der Waals surface area contributed by atoms with E-state index in [-0.39, 0.29) is 29.8 Å². The van der Waals surface area contributed by atoms with E-state index in [1.807, 2.05) is 38.1 Å². The largest absolute Gasteiger partial charge is 0.444 e. The summed E-state index contributed by atoms with van der Waals surface area (Å²) >= 11 is 0. The van der Waals surface area contributed by atoms with E-state index in [1.165, 1.54) is 0 Å². The minimum Gasteiger partial charge on any atom is -0.444 e. The van der Waals surface area contributed by atoms with E-state index in [2.05, 4.69) is 20.8 Å². The molecule has 156 valence electrons. The van der Waals surface area contributed by atoms with Gasteiger partial charge in [-0.3, -0.25) is 5.10 Å². The molecular weight excluding hydrogens is 396 g/mol. The number of rotatable bonds is 5. The Labute approximate surface area is 169 Å². The first kappa shape index (κ1) is 19.7. The Morgan fingerprint density at radius 1 is 1.28 bits per heavy atom. The zero-order chi connectivity index (χ0) is 20.6. The topological polar surface area (TPSA) is 122 Å². The van der Waals surface area contributed by atoms with E-state index < -0.39 is 15.9 Å². The number of nitrogens with zero attached hydrogens (tertiary/aromatic N) is 1. The van der Waals surface area contributed by atoms with Gasteiger partial charge in [-0.1, -0.05) is 6.07 Å². The van der Waals surface area contributed by atoms with Gasteiger partial charge in [-0.15, -0.1) is 0 Å². The second-order valence-electron chi connectivity index (χ2n) is 7.73. The van der Waals surface area contributed by atoms with Crippen LogP contribution in [0.2, 0.25) is 0 Å². The molecule has 0 radical (unpaired) electrons. The number of nitrogens with one attached hydrogen (secondary N) is 3. The maximum absolute atomic E-state index is 11.8. The molecule has 2 aliphatic rings. The first-order chi connectivity index (χ1) is 13.8. The van der Waals surface area contributed by atoms with Crippen LogP contribution in [0.4, 0.5) is 16.3 Å². The zero-order valence-corrected chi connectivity index (χ0v) is 17.1. The number of fused-ring (bicyclic) bond motifs is 1. The van der Waals surface area contributed by atoms with Crippen molar-refractivity contribution in [2.45, 2.75) is 50.0 Å². The van der Waals surface area contributed by atoms with Gasteiger partial charge < -0.3 is 20.1 Å². The monoisotopic (exact) mass is 420 g/mol. The molecular formula is C19H24N4O5S. The van der Waals surface area contributed by atoms with Crippen molar-refractivity contribution in [2.24, 2.45) is 0 Å². The number of sulfone groups is 1. The molecule has 1 amide bonds. The Morgan fingerprint density at radius 2 is 2.07 bits per heavy atom. The first-order valence-electron chi connectivity index (χ1n) is 9.51. The van der Waals surface area contributed by atoms with Gasteiger partial charge >= 0.3 is 6.09 Å². The molecule has 0 bridgehead atoms. The van der Waals surface area contributed by atoms with Crippen LogP contribution in [0.15, 0.2) is 24.3 Å². The summed E-state index contributed by atoms with van der Waals surface area (Å²) in [5.41, 5.74) is 3.24. The lowest BCUT2D eigenvalue weighted by Gasteiger charge is -2.13. The van der Waals surface area contributed by atoms with E-state index >= 15 is 0 Å². The lowest BCUT2D eigenvalue weighted by molar-refractivity contribution is 0.0682. The molecule has 2 aliphatic heterocycles. The molecule has 2 unspecified atom stereocenters. The van der Waals surface area contributed by atoms with Gasteiger partial charge in [0.1, 0.15) is 12.2 Å². The van der Waals surface area contributed by atoms with Crippen molar-refractivity contribution in [1.82, 2.24) is 15.5 Å². The molecule has 3 heterocycles. The van der Waals surface area contributed by atoms with Crippen LogP contribution < -0.4 is 10.6 Å². The Bertz CT molecular complexity index is 1020. The number of hydrogen-bond acceptors (Lipinski definition) is 7. The number of anilines is 2. The molecule has 1 aromatic carbocycles. The number of alkyl carbamates (subject to hydrolysis) is 1. The van der Waals surface area contributed by atoms with Crippen molar-refractivity contribution in [2.75, 3.05) is 11.9 Å². The van der Waals surface area contributed by atoms with E-state index in [0.29, 0.717) is 18.8 Å². The molecule has 9 nitrogen and oxygen atoms in total. The van der Waals surface area contributed by atoms with Crippen LogP contribution in [0.3, 0.4) is 0 Å². The van der Waals surface area contributed by atoms with Crippen molar-refractivity contribution >= 4 is 27.4 Å². The Hall–Kier alpha value is -2.59. The van der Waals surface area contributed by atoms with Crippen molar-refractivity contribution < 1.29 is 22.7 Å². The summed E-state index contributed by atoms with van der Waals surface area (Å²) in [5.74, 6) is 0.782. The molecule has 3 N–H and O–H groups in total. The highest BCUT2D eigenvalue weighted by Crippen LogP contribution is 2.32. The standard InChI is InChI=1S/C19H24N4O5S/c1-11(2)20-19(24)28-15-6-17(27-8-15)16-7-18(23-22-16)21-14-4-3-12-9-29(25,26)10-13(12)5-14/h3-5,7,11,15,17H,6,8-10H2,1-2H3,(H,20,24)(H2,21,22,23). The van der Waals surface area contributed by atoms with Crippen LogP contribution in [0.5, 0.6) is 0 Å². The third-order valence-corrected chi connectivity index (χ3v) is 6.32. The zero-order valence-electron chi connectivity index (χ0n) is 16.3. The number of hydrogen-bond donors (Lipinski definition) is 3. The number of carbonyl (C=O) groups is 1. The van der Waals surface area contributed by atoms with E-state index in [4.69, 9.17) is 9.47 Å². The molecule has 1 fully saturated rings. The number of aromatic nitrogens is 2. The Morgan fingerprint density at radius 3 is 2.86 bits per heavy atom. The fraction of sp³-hybridized carbons (Fsp3) is 0.474. The summed E-state index contributed by atoms with van der Waals surface area (Å²) in [7, 11) is -3.03. The minimum absolute atomic E-state index is 0.0150. The third-order valence-electron chi connectivity index (χ3n) is 4.81. The maximum atomic E-state index is 11.8. The van der Waals surface area contributed by atoms with Crippen LogP contribution in [0, 0.1) is 0 Å². The average molecular weight is 420 g/mol. The lowest BCUT2D eigenvalue weighted by Crippen LogP contribution is -2.33. The normalized spacial score (nSPS) is 22.4. The van der Waals surface area contributed by atoms with Gasteiger partial charge in [0.15, 0.2) is 15.7 Å². The van der Waals surface area contributed by atoms with Gasteiger partial charge in [0, 0.05) is 24.2 Å². The van der Waals surface area contributed by atoms with Gasteiger partial charge in [-0.05, 0) is 37.1 Å². The van der Waals surface area contributed by atoms with Crippen molar-refractivity contribution in [3.63, 3.8) is 0 Å². The minimum atomic E-state index is -3.03. The van der Waals surface area contributed by atoms with E-state index in [9.17, 15) is 13.2 Å². The number of carbonyl (C=O) groups excluding carboxylic acids is 1. The summed E-state index contributed by atoms with van der Waals surface area (Å²) in [6.07, 6.45) is -0.443. The number of ether oxygens (including phenoxy) is 2. The van der Waals surface area contributed by atoms with Gasteiger partial charge in [0.25, 0.3) is 0 Å². The summed E-state index contributed by atoms with van der Waals surface area (Å²) in [4.78, 5) is 11.7. The molecule has 1 aromatic heterocycles. The number of benzene rings is 1.